The molecule has 0 amide bonds. The van der Waals surface area contributed by atoms with Crippen molar-refractivity contribution in [1.29, 1.82) is 0 Å². The number of aromatic nitrogens is 2. The normalized spacial score (nSPS) is 12.2. The average Bonchev–Trinajstić information content (AvgIpc) is 2.90. The number of ether oxygens (including phenoxy) is 2. The van der Waals surface area contributed by atoms with Crippen LogP contribution in [0.3, 0.4) is 0 Å². The molecule has 5 heteroatoms. The standard InChI is InChI=1S/C15H21N3O2/c1-5-16-15(11-9-17-18(2)10-11)13-7-6-12(19-3)8-14(13)20-4/h6-10,15-16H,5H2,1-4H3. The Kier molecular flexibility index (Phi) is 4.63. The fourth-order valence-electron chi connectivity index (χ4n) is 2.26. The molecule has 2 rings (SSSR count). The van der Waals surface area contributed by atoms with Gasteiger partial charge >= 0.3 is 0 Å². The van der Waals surface area contributed by atoms with Gasteiger partial charge in [0, 0.05) is 30.4 Å². The van der Waals surface area contributed by atoms with Crippen LogP contribution in [0.4, 0.5) is 0 Å². The maximum absolute atomic E-state index is 5.50. The summed E-state index contributed by atoms with van der Waals surface area (Å²) < 4.78 is 12.5. The van der Waals surface area contributed by atoms with Gasteiger partial charge in [0.25, 0.3) is 0 Å². The molecule has 0 radical (unpaired) electrons. The van der Waals surface area contributed by atoms with E-state index in [2.05, 4.69) is 17.3 Å². The highest BCUT2D eigenvalue weighted by atomic mass is 16.5. The molecule has 0 fully saturated rings. The van der Waals surface area contributed by atoms with Crippen LogP contribution in [-0.4, -0.2) is 30.5 Å². The van der Waals surface area contributed by atoms with Crippen molar-refractivity contribution in [3.63, 3.8) is 0 Å². The first kappa shape index (κ1) is 14.4. The van der Waals surface area contributed by atoms with Crippen LogP contribution < -0.4 is 14.8 Å². The van der Waals surface area contributed by atoms with E-state index in [1.54, 1.807) is 18.9 Å². The number of methoxy groups -OCH3 is 2. The molecule has 1 aromatic carbocycles. The van der Waals surface area contributed by atoms with Gasteiger partial charge in [-0.15, -0.1) is 0 Å². The smallest absolute Gasteiger partial charge is 0.127 e. The number of rotatable bonds is 6. The molecule has 0 aliphatic rings. The number of nitrogens with zero attached hydrogens (tertiary/aromatic N) is 2. The van der Waals surface area contributed by atoms with Crippen molar-refractivity contribution in [1.82, 2.24) is 15.1 Å². The summed E-state index contributed by atoms with van der Waals surface area (Å²) in [5, 5.41) is 7.71. The third-order valence-corrected chi connectivity index (χ3v) is 3.22. The number of benzene rings is 1. The van der Waals surface area contributed by atoms with E-state index < -0.39 is 0 Å². The van der Waals surface area contributed by atoms with Crippen LogP contribution in [0.15, 0.2) is 30.6 Å². The first-order chi connectivity index (χ1) is 9.69. The monoisotopic (exact) mass is 275 g/mol. The fourth-order valence-corrected chi connectivity index (χ4v) is 2.26. The molecular formula is C15H21N3O2. The lowest BCUT2D eigenvalue weighted by atomic mass is 10.00. The predicted molar refractivity (Wildman–Crippen MR) is 78.3 cm³/mol. The molecule has 5 nitrogen and oxygen atoms in total. The third-order valence-electron chi connectivity index (χ3n) is 3.22. The maximum Gasteiger partial charge on any atom is 0.127 e. The summed E-state index contributed by atoms with van der Waals surface area (Å²) in [6.45, 7) is 2.94. The predicted octanol–water partition coefficient (Wildman–Crippen LogP) is 2.14. The number of hydrogen-bond acceptors (Lipinski definition) is 4. The second kappa shape index (κ2) is 6.43. The van der Waals surface area contributed by atoms with Crippen LogP contribution >= 0.6 is 0 Å². The van der Waals surface area contributed by atoms with Gasteiger partial charge in [0.2, 0.25) is 0 Å². The summed E-state index contributed by atoms with van der Waals surface area (Å²) in [6.07, 6.45) is 3.88. The Labute approximate surface area is 119 Å². The highest BCUT2D eigenvalue weighted by Crippen LogP contribution is 2.32. The Morgan fingerprint density at radius 1 is 1.30 bits per heavy atom. The Morgan fingerprint density at radius 3 is 2.65 bits per heavy atom. The highest BCUT2D eigenvalue weighted by Gasteiger charge is 2.19. The van der Waals surface area contributed by atoms with Gasteiger partial charge in [0.05, 0.1) is 26.5 Å². The van der Waals surface area contributed by atoms with E-state index in [9.17, 15) is 0 Å². The summed E-state index contributed by atoms with van der Waals surface area (Å²) in [5.41, 5.74) is 2.18. The molecule has 2 aromatic rings. The van der Waals surface area contributed by atoms with Gasteiger partial charge in [-0.25, -0.2) is 0 Å². The first-order valence-corrected chi connectivity index (χ1v) is 6.63. The zero-order chi connectivity index (χ0) is 14.5. The second-order valence-electron chi connectivity index (χ2n) is 4.55. The van der Waals surface area contributed by atoms with E-state index >= 15 is 0 Å². The van der Waals surface area contributed by atoms with Gasteiger partial charge in [-0.3, -0.25) is 4.68 Å². The molecule has 20 heavy (non-hydrogen) atoms. The lowest BCUT2D eigenvalue weighted by Gasteiger charge is -2.20. The van der Waals surface area contributed by atoms with Crippen LogP contribution in [0.1, 0.15) is 24.1 Å². The van der Waals surface area contributed by atoms with Crippen LogP contribution in [0.25, 0.3) is 0 Å². The first-order valence-electron chi connectivity index (χ1n) is 6.63. The molecule has 1 N–H and O–H groups in total. The van der Waals surface area contributed by atoms with E-state index in [4.69, 9.17) is 9.47 Å². The molecule has 1 unspecified atom stereocenters. The molecule has 0 spiro atoms. The van der Waals surface area contributed by atoms with Gasteiger partial charge in [0.1, 0.15) is 11.5 Å². The largest absolute Gasteiger partial charge is 0.497 e. The zero-order valence-electron chi connectivity index (χ0n) is 12.4. The quantitative estimate of drug-likeness (QED) is 0.877. The van der Waals surface area contributed by atoms with Crippen LogP contribution in [0, 0.1) is 0 Å². The minimum Gasteiger partial charge on any atom is -0.497 e. The summed E-state index contributed by atoms with van der Waals surface area (Å²) in [7, 11) is 5.24. The number of nitrogens with one attached hydrogen (secondary N) is 1. The van der Waals surface area contributed by atoms with E-state index in [-0.39, 0.29) is 6.04 Å². The SMILES string of the molecule is CCNC(c1cnn(C)c1)c1ccc(OC)cc1OC. The molecule has 0 aliphatic carbocycles. The van der Waals surface area contributed by atoms with Gasteiger partial charge < -0.3 is 14.8 Å². The Hall–Kier alpha value is -2.01. The second-order valence-corrected chi connectivity index (χ2v) is 4.55. The van der Waals surface area contributed by atoms with Crippen LogP contribution in [-0.2, 0) is 7.05 Å². The highest BCUT2D eigenvalue weighted by molar-refractivity contribution is 5.45. The molecule has 1 atom stereocenters. The molecule has 0 saturated heterocycles. The van der Waals surface area contributed by atoms with Gasteiger partial charge in [-0.1, -0.05) is 6.92 Å². The summed E-state index contributed by atoms with van der Waals surface area (Å²) in [4.78, 5) is 0. The summed E-state index contributed by atoms with van der Waals surface area (Å²) in [5.74, 6) is 1.59. The lowest BCUT2D eigenvalue weighted by molar-refractivity contribution is 0.387. The van der Waals surface area contributed by atoms with E-state index in [0.717, 1.165) is 29.2 Å². The lowest BCUT2D eigenvalue weighted by Crippen LogP contribution is -2.22. The average molecular weight is 275 g/mol. The zero-order valence-corrected chi connectivity index (χ0v) is 12.4. The number of hydrogen-bond donors (Lipinski definition) is 1. The molecule has 108 valence electrons. The molecule has 1 aromatic heterocycles. The Morgan fingerprint density at radius 2 is 2.10 bits per heavy atom. The molecule has 0 saturated carbocycles. The van der Waals surface area contributed by atoms with Crippen molar-refractivity contribution in [2.45, 2.75) is 13.0 Å². The van der Waals surface area contributed by atoms with E-state index in [0.29, 0.717) is 0 Å². The van der Waals surface area contributed by atoms with Gasteiger partial charge in [-0.2, -0.15) is 5.10 Å². The van der Waals surface area contributed by atoms with Crippen molar-refractivity contribution in [2.75, 3.05) is 20.8 Å². The van der Waals surface area contributed by atoms with Gasteiger partial charge in [0.15, 0.2) is 0 Å². The van der Waals surface area contributed by atoms with Crippen LogP contribution in [0.2, 0.25) is 0 Å². The van der Waals surface area contributed by atoms with E-state index in [1.807, 2.05) is 37.6 Å². The molecule has 0 bridgehead atoms. The molecular weight excluding hydrogens is 254 g/mol. The molecule has 0 aliphatic heterocycles. The van der Waals surface area contributed by atoms with Crippen molar-refractivity contribution in [2.24, 2.45) is 7.05 Å². The van der Waals surface area contributed by atoms with E-state index in [1.165, 1.54) is 0 Å². The fraction of sp³-hybridized carbons (Fsp3) is 0.400. The van der Waals surface area contributed by atoms with Crippen molar-refractivity contribution in [3.8, 4) is 11.5 Å². The van der Waals surface area contributed by atoms with Crippen LogP contribution in [0.5, 0.6) is 11.5 Å². The minimum absolute atomic E-state index is 0.0505. The third kappa shape index (κ3) is 2.93. The number of aryl methyl sites for hydroxylation is 1. The summed E-state index contributed by atoms with van der Waals surface area (Å²) >= 11 is 0. The maximum atomic E-state index is 5.50. The van der Waals surface area contributed by atoms with Gasteiger partial charge in [-0.05, 0) is 18.7 Å². The molecule has 1 heterocycles. The topological polar surface area (TPSA) is 48.3 Å². The van der Waals surface area contributed by atoms with Crippen molar-refractivity contribution in [3.05, 3.63) is 41.7 Å². The Bertz CT molecular complexity index is 566. The Balaban J connectivity index is 2.43. The summed E-state index contributed by atoms with van der Waals surface area (Å²) in [6, 6.07) is 5.92. The van der Waals surface area contributed by atoms with Crippen molar-refractivity contribution < 1.29 is 9.47 Å². The minimum atomic E-state index is 0.0505. The van der Waals surface area contributed by atoms with Crippen molar-refractivity contribution >= 4 is 0 Å².